The fraction of sp³-hybridized carbons (Fsp3) is 0.391. The third kappa shape index (κ3) is 4.71. The Bertz CT molecular complexity index is 999. The molecule has 1 aliphatic heterocycles. The molecule has 0 aliphatic carbocycles. The second kappa shape index (κ2) is 10.1. The summed E-state index contributed by atoms with van der Waals surface area (Å²) < 4.78 is 0. The van der Waals surface area contributed by atoms with E-state index in [4.69, 9.17) is 23.2 Å². The van der Waals surface area contributed by atoms with E-state index in [1.165, 1.54) is 18.2 Å². The average Bonchev–Trinajstić information content (AvgIpc) is 2.78. The van der Waals surface area contributed by atoms with Crippen LogP contribution in [0.4, 0.5) is 16.2 Å². The van der Waals surface area contributed by atoms with Crippen molar-refractivity contribution in [2.24, 2.45) is 5.92 Å². The van der Waals surface area contributed by atoms with E-state index in [1.807, 2.05) is 6.92 Å². The van der Waals surface area contributed by atoms with Crippen molar-refractivity contribution in [3.05, 3.63) is 58.1 Å². The highest BCUT2D eigenvalue weighted by Gasteiger charge is 2.52. The van der Waals surface area contributed by atoms with Crippen LogP contribution in [-0.2, 0) is 10.5 Å². The van der Waals surface area contributed by atoms with Gasteiger partial charge in [0, 0.05) is 18.7 Å². The van der Waals surface area contributed by atoms with Crippen molar-refractivity contribution >= 4 is 46.5 Å². The molecule has 0 bridgehead atoms. The van der Waals surface area contributed by atoms with Crippen LogP contribution in [0, 0.1) is 5.92 Å². The molecule has 1 heterocycles. The number of benzene rings is 2. The molecule has 2 atom stereocenters. The van der Waals surface area contributed by atoms with E-state index in [0.717, 1.165) is 24.5 Å². The van der Waals surface area contributed by atoms with Crippen LogP contribution in [0.15, 0.2) is 42.5 Å². The Morgan fingerprint density at radius 2 is 1.88 bits per heavy atom. The van der Waals surface area contributed by atoms with Gasteiger partial charge in [0.2, 0.25) is 0 Å². The van der Waals surface area contributed by atoms with Gasteiger partial charge < -0.3 is 20.6 Å². The van der Waals surface area contributed by atoms with Gasteiger partial charge in [0.05, 0.1) is 21.4 Å². The van der Waals surface area contributed by atoms with Gasteiger partial charge in [-0.2, -0.15) is 0 Å². The van der Waals surface area contributed by atoms with Crippen LogP contribution in [0.1, 0.15) is 26.3 Å². The van der Waals surface area contributed by atoms with Gasteiger partial charge in [-0.25, -0.2) is 4.79 Å². The van der Waals surface area contributed by atoms with Crippen molar-refractivity contribution < 1.29 is 14.7 Å². The summed E-state index contributed by atoms with van der Waals surface area (Å²) in [5, 5.41) is 17.8. The minimum Gasteiger partial charge on any atom is -0.359 e. The summed E-state index contributed by atoms with van der Waals surface area (Å²) in [6.07, 6.45) is 0. The van der Waals surface area contributed by atoms with Crippen molar-refractivity contribution in [2.45, 2.75) is 26.5 Å². The molecule has 2 aromatic rings. The van der Waals surface area contributed by atoms with Crippen LogP contribution in [0.5, 0.6) is 0 Å². The summed E-state index contributed by atoms with van der Waals surface area (Å²) in [7, 11) is 0. The Morgan fingerprint density at radius 1 is 1.19 bits per heavy atom. The average molecular weight is 479 g/mol. The number of hydrogen-bond donors (Lipinski definition) is 3. The van der Waals surface area contributed by atoms with E-state index in [0.29, 0.717) is 17.3 Å². The summed E-state index contributed by atoms with van der Waals surface area (Å²) in [5.41, 5.74) is -1.41. The Morgan fingerprint density at radius 3 is 2.53 bits per heavy atom. The summed E-state index contributed by atoms with van der Waals surface area (Å²) in [5.74, 6) is -0.550. The number of carbonyl (C=O) groups is 2. The minimum absolute atomic E-state index is 0.147. The first-order chi connectivity index (χ1) is 15.2. The van der Waals surface area contributed by atoms with Crippen LogP contribution < -0.4 is 15.5 Å². The van der Waals surface area contributed by atoms with Crippen LogP contribution in [-0.4, -0.2) is 48.1 Å². The molecule has 0 spiro atoms. The molecule has 3 amide bonds. The van der Waals surface area contributed by atoms with Crippen LogP contribution in [0.3, 0.4) is 0 Å². The minimum atomic E-state index is -2.27. The summed E-state index contributed by atoms with van der Waals surface area (Å²) >= 11 is 12.2. The molecule has 7 nitrogen and oxygen atoms in total. The number of halogens is 2. The van der Waals surface area contributed by atoms with Gasteiger partial charge in [0.15, 0.2) is 0 Å². The van der Waals surface area contributed by atoms with E-state index in [1.54, 1.807) is 24.3 Å². The molecule has 2 aromatic carbocycles. The zero-order valence-electron chi connectivity index (χ0n) is 18.4. The summed E-state index contributed by atoms with van der Waals surface area (Å²) in [4.78, 5) is 29.7. The predicted octanol–water partition coefficient (Wildman–Crippen LogP) is 4.28. The molecule has 0 unspecified atom stereocenters. The highest BCUT2D eigenvalue weighted by molar-refractivity contribution is 6.42. The van der Waals surface area contributed by atoms with Crippen LogP contribution in [0.2, 0.25) is 10.0 Å². The zero-order valence-corrected chi connectivity index (χ0v) is 19.9. The molecule has 3 N–H and O–H groups in total. The lowest BCUT2D eigenvalue weighted by atomic mass is 9.94. The van der Waals surface area contributed by atoms with Crippen LogP contribution >= 0.6 is 23.2 Å². The van der Waals surface area contributed by atoms with Crippen LogP contribution in [0.25, 0.3) is 0 Å². The highest BCUT2D eigenvalue weighted by Crippen LogP contribution is 2.41. The molecule has 9 heteroatoms. The number of urea groups is 1. The number of nitrogens with one attached hydrogen (secondary N) is 2. The molecule has 172 valence electrons. The Hall–Kier alpha value is -2.32. The maximum Gasteiger partial charge on any atom is 0.329 e. The lowest BCUT2D eigenvalue weighted by Gasteiger charge is -2.42. The Kier molecular flexibility index (Phi) is 7.67. The lowest BCUT2D eigenvalue weighted by molar-refractivity contribution is -0.140. The maximum absolute atomic E-state index is 13.4. The number of hydrogen-bond acceptors (Lipinski definition) is 4. The van der Waals surface area contributed by atoms with Crippen molar-refractivity contribution in [2.75, 3.05) is 36.4 Å². The number of aliphatic hydroxyl groups is 1. The monoisotopic (exact) mass is 478 g/mol. The first-order valence-corrected chi connectivity index (χ1v) is 11.4. The predicted molar refractivity (Wildman–Crippen MR) is 128 cm³/mol. The number of para-hydroxylation sites is 1. The molecular formula is C23H28Cl2N4O3. The topological polar surface area (TPSA) is 84.9 Å². The van der Waals surface area contributed by atoms with Gasteiger partial charge >= 0.3 is 6.03 Å². The second-order valence-electron chi connectivity index (χ2n) is 7.88. The third-order valence-electron chi connectivity index (χ3n) is 5.62. The SMILES string of the molecule is CCN(CC)C[C@@H](C)CNC(=O)[C@@]1(O)c2ccccc2NC(=O)N1c1ccc(Cl)c(Cl)c1. The molecular weight excluding hydrogens is 451 g/mol. The second-order valence-corrected chi connectivity index (χ2v) is 8.70. The van der Waals surface area contributed by atoms with Gasteiger partial charge in [0.1, 0.15) is 0 Å². The number of anilines is 2. The van der Waals surface area contributed by atoms with Gasteiger partial charge in [-0.05, 0) is 43.3 Å². The maximum atomic E-state index is 13.4. The lowest BCUT2D eigenvalue weighted by Crippen LogP contribution is -2.63. The molecule has 0 fully saturated rings. The first-order valence-electron chi connectivity index (χ1n) is 10.6. The highest BCUT2D eigenvalue weighted by atomic mass is 35.5. The molecule has 32 heavy (non-hydrogen) atoms. The van der Waals surface area contributed by atoms with E-state index in [9.17, 15) is 14.7 Å². The summed E-state index contributed by atoms with van der Waals surface area (Å²) in [6.45, 7) is 9.18. The normalized spacial score (nSPS) is 18.8. The summed E-state index contributed by atoms with van der Waals surface area (Å²) in [6, 6.07) is 10.5. The van der Waals surface area contributed by atoms with Crippen molar-refractivity contribution in [3.63, 3.8) is 0 Å². The van der Waals surface area contributed by atoms with Crippen molar-refractivity contribution in [1.82, 2.24) is 10.2 Å². The standard InChI is InChI=1S/C23H28Cl2N4O3/c1-4-28(5-2)14-15(3)13-26-21(30)23(32)17-8-6-7-9-20(17)27-22(31)29(23)16-10-11-18(24)19(25)12-16/h6-12,15,32H,4-5,13-14H2,1-3H3,(H,26,30)(H,27,31)/t15-,23-/m0/s1. The van der Waals surface area contributed by atoms with E-state index in [-0.39, 0.29) is 22.2 Å². The molecule has 3 rings (SSSR count). The van der Waals surface area contributed by atoms with Gasteiger partial charge in [-0.3, -0.25) is 9.69 Å². The molecule has 1 aliphatic rings. The number of rotatable bonds is 8. The van der Waals surface area contributed by atoms with Crippen molar-refractivity contribution in [1.29, 1.82) is 0 Å². The number of fused-ring (bicyclic) bond motifs is 1. The smallest absolute Gasteiger partial charge is 0.329 e. The zero-order chi connectivity index (χ0) is 23.5. The molecule has 0 aromatic heterocycles. The Labute approximate surface area is 198 Å². The number of amides is 3. The Balaban J connectivity index is 1.96. The fourth-order valence-electron chi connectivity index (χ4n) is 3.86. The van der Waals surface area contributed by atoms with Gasteiger partial charge in [-0.1, -0.05) is 62.2 Å². The molecule has 0 saturated heterocycles. The fourth-order valence-corrected chi connectivity index (χ4v) is 4.16. The first kappa shape index (κ1) is 24.3. The molecule has 0 radical (unpaired) electrons. The number of carbonyl (C=O) groups excluding carboxylic acids is 2. The van der Waals surface area contributed by atoms with E-state index in [2.05, 4.69) is 29.4 Å². The number of nitrogens with zero attached hydrogens (tertiary/aromatic N) is 2. The largest absolute Gasteiger partial charge is 0.359 e. The third-order valence-corrected chi connectivity index (χ3v) is 6.36. The van der Waals surface area contributed by atoms with Gasteiger partial charge in [0.25, 0.3) is 11.6 Å². The van der Waals surface area contributed by atoms with E-state index >= 15 is 0 Å². The van der Waals surface area contributed by atoms with Gasteiger partial charge in [-0.15, -0.1) is 0 Å². The van der Waals surface area contributed by atoms with Crippen molar-refractivity contribution in [3.8, 4) is 0 Å². The molecule has 0 saturated carbocycles. The van der Waals surface area contributed by atoms with E-state index < -0.39 is 17.7 Å². The quantitative estimate of drug-likeness (QED) is 0.528.